The number of rotatable bonds is 4. The summed E-state index contributed by atoms with van der Waals surface area (Å²) < 4.78 is 0. The molecule has 0 aliphatic heterocycles. The Morgan fingerprint density at radius 3 is 2.00 bits per heavy atom. The molecule has 0 amide bonds. The molecule has 0 saturated heterocycles. The summed E-state index contributed by atoms with van der Waals surface area (Å²) in [4.78, 5) is 9.81. The van der Waals surface area contributed by atoms with Crippen LogP contribution in [0, 0.1) is 0 Å². The second-order valence-electron chi connectivity index (χ2n) is 3.94. The molecule has 0 aromatic heterocycles. The van der Waals surface area contributed by atoms with E-state index in [1.165, 1.54) is 0 Å². The number of hydrogen-bond donors (Lipinski definition) is 1. The summed E-state index contributed by atoms with van der Waals surface area (Å²) in [6, 6.07) is 0.165. The van der Waals surface area contributed by atoms with Crippen molar-refractivity contribution in [3.8, 4) is 0 Å². The predicted octanol–water partition coefficient (Wildman–Crippen LogP) is 2.95. The minimum Gasteiger partial charge on any atom is -0.368 e. The summed E-state index contributed by atoms with van der Waals surface area (Å²) in [5, 5.41) is 16.9. The zero-order chi connectivity index (χ0) is 12.5. The van der Waals surface area contributed by atoms with Crippen LogP contribution in [0.3, 0.4) is 0 Å². The largest absolute Gasteiger partial charge is 0.368 e. The molecule has 90 valence electrons. The lowest BCUT2D eigenvalue weighted by Gasteiger charge is -2.13. The summed E-state index contributed by atoms with van der Waals surface area (Å²) in [5.74, 6) is 0.255. The van der Waals surface area contributed by atoms with Gasteiger partial charge in [0, 0.05) is 6.42 Å². The summed E-state index contributed by atoms with van der Waals surface area (Å²) in [5.41, 5.74) is -0.968. The number of carbonyl (C=O) groups excluding carboxylic acids is 1. The Morgan fingerprint density at radius 1 is 1.40 bits per heavy atom. The fraction of sp³-hybridized carbons (Fsp3) is 0.909. The maximum atomic E-state index is 9.81. The van der Waals surface area contributed by atoms with Crippen LogP contribution >= 0.6 is 0 Å². The normalized spacial score (nSPS) is 14.7. The average Bonchev–Trinajstić information content (AvgIpc) is 2.16. The molecule has 4 heteroatoms. The van der Waals surface area contributed by atoms with Gasteiger partial charge in [0.05, 0.1) is 6.04 Å². The number of carbonyl (C=O) groups is 1. The predicted molar refractivity (Wildman–Crippen MR) is 61.9 cm³/mol. The number of ketones is 1. The second kappa shape index (κ2) is 8.53. The molecule has 0 aromatic carbocycles. The standard InChI is InChI=1S/C7H16N2O.C4H8O/c1-5-7(4,10)9-8-6(2)3;1-3-4(2)5/h6,10H,5H2,1-4H3;3H2,1-2H3/b9-8+;. The number of nitrogens with zero attached hydrogens (tertiary/aromatic N) is 2. The van der Waals surface area contributed by atoms with Crippen molar-refractivity contribution in [2.24, 2.45) is 10.2 Å². The smallest absolute Gasteiger partial charge is 0.172 e. The summed E-state index contributed by atoms with van der Waals surface area (Å²) in [7, 11) is 0. The summed E-state index contributed by atoms with van der Waals surface area (Å²) in [6.45, 7) is 10.8. The molecular weight excluding hydrogens is 192 g/mol. The van der Waals surface area contributed by atoms with Crippen LogP contribution < -0.4 is 0 Å². The van der Waals surface area contributed by atoms with Gasteiger partial charge in [-0.25, -0.2) is 0 Å². The van der Waals surface area contributed by atoms with E-state index < -0.39 is 5.72 Å². The Hall–Kier alpha value is -0.770. The van der Waals surface area contributed by atoms with Crippen molar-refractivity contribution in [2.45, 2.75) is 66.2 Å². The fourth-order valence-electron chi connectivity index (χ4n) is 0.311. The summed E-state index contributed by atoms with van der Waals surface area (Å²) in [6.07, 6.45) is 1.27. The first-order valence-corrected chi connectivity index (χ1v) is 5.39. The molecule has 1 unspecified atom stereocenters. The number of aliphatic hydroxyl groups is 1. The molecule has 0 spiro atoms. The lowest BCUT2D eigenvalue weighted by molar-refractivity contribution is -0.116. The van der Waals surface area contributed by atoms with E-state index in [0.29, 0.717) is 12.8 Å². The van der Waals surface area contributed by atoms with Crippen molar-refractivity contribution in [3.05, 3.63) is 0 Å². The van der Waals surface area contributed by atoms with Crippen LogP contribution in [0.15, 0.2) is 10.2 Å². The van der Waals surface area contributed by atoms with Crippen LogP contribution in [0.25, 0.3) is 0 Å². The van der Waals surface area contributed by atoms with E-state index >= 15 is 0 Å². The zero-order valence-electron chi connectivity index (χ0n) is 10.7. The van der Waals surface area contributed by atoms with E-state index in [4.69, 9.17) is 0 Å². The first-order valence-electron chi connectivity index (χ1n) is 5.39. The van der Waals surface area contributed by atoms with E-state index in [0.717, 1.165) is 0 Å². The van der Waals surface area contributed by atoms with Crippen LogP contribution in [-0.4, -0.2) is 22.7 Å². The van der Waals surface area contributed by atoms with E-state index in [9.17, 15) is 9.90 Å². The Labute approximate surface area is 92.8 Å². The second-order valence-corrected chi connectivity index (χ2v) is 3.94. The molecule has 0 rings (SSSR count). The van der Waals surface area contributed by atoms with Gasteiger partial charge < -0.3 is 9.90 Å². The molecule has 0 saturated carbocycles. The van der Waals surface area contributed by atoms with E-state index in [-0.39, 0.29) is 11.8 Å². The third-order valence-electron chi connectivity index (χ3n) is 1.67. The molecule has 4 nitrogen and oxygen atoms in total. The van der Waals surface area contributed by atoms with Gasteiger partial charge in [-0.2, -0.15) is 10.2 Å². The van der Waals surface area contributed by atoms with Gasteiger partial charge in [-0.05, 0) is 34.1 Å². The molecule has 0 aliphatic rings. The molecule has 0 fully saturated rings. The quantitative estimate of drug-likeness (QED) is 0.734. The maximum Gasteiger partial charge on any atom is 0.172 e. The van der Waals surface area contributed by atoms with Crippen molar-refractivity contribution >= 4 is 5.78 Å². The molecule has 0 bridgehead atoms. The first kappa shape index (κ1) is 16.7. The molecule has 0 aliphatic carbocycles. The Balaban J connectivity index is 0. The fourth-order valence-corrected chi connectivity index (χ4v) is 0.311. The zero-order valence-corrected chi connectivity index (χ0v) is 10.7. The van der Waals surface area contributed by atoms with Crippen LogP contribution in [0.2, 0.25) is 0 Å². The number of hydrogen-bond acceptors (Lipinski definition) is 4. The average molecular weight is 216 g/mol. The molecule has 1 N–H and O–H groups in total. The van der Waals surface area contributed by atoms with Crippen LogP contribution in [0.1, 0.15) is 54.4 Å². The van der Waals surface area contributed by atoms with Gasteiger partial charge in [0.25, 0.3) is 0 Å². The molecule has 1 atom stereocenters. The van der Waals surface area contributed by atoms with Gasteiger partial charge in [0.1, 0.15) is 5.78 Å². The highest BCUT2D eigenvalue weighted by Crippen LogP contribution is 2.10. The van der Waals surface area contributed by atoms with Gasteiger partial charge >= 0.3 is 0 Å². The Bertz CT molecular complexity index is 199. The van der Waals surface area contributed by atoms with E-state index in [2.05, 4.69) is 10.2 Å². The minimum atomic E-state index is -0.968. The van der Waals surface area contributed by atoms with Crippen LogP contribution in [0.5, 0.6) is 0 Å². The van der Waals surface area contributed by atoms with Crippen molar-refractivity contribution in [1.29, 1.82) is 0 Å². The van der Waals surface area contributed by atoms with Gasteiger partial charge in [-0.1, -0.05) is 13.8 Å². The Morgan fingerprint density at radius 2 is 1.80 bits per heavy atom. The van der Waals surface area contributed by atoms with Gasteiger partial charge in [-0.3, -0.25) is 0 Å². The lowest BCUT2D eigenvalue weighted by Crippen LogP contribution is -2.18. The minimum absolute atomic E-state index is 0.165. The number of Topliss-reactive ketones (excluding diaryl/α,β-unsaturated/α-hetero) is 1. The molecule has 15 heavy (non-hydrogen) atoms. The first-order chi connectivity index (χ1) is 6.75. The third-order valence-corrected chi connectivity index (χ3v) is 1.67. The molecule has 0 radical (unpaired) electrons. The van der Waals surface area contributed by atoms with Gasteiger partial charge in [-0.15, -0.1) is 0 Å². The highest BCUT2D eigenvalue weighted by Gasteiger charge is 2.14. The molecule has 0 heterocycles. The van der Waals surface area contributed by atoms with Crippen LogP contribution in [-0.2, 0) is 4.79 Å². The van der Waals surface area contributed by atoms with Crippen molar-refractivity contribution < 1.29 is 9.90 Å². The monoisotopic (exact) mass is 216 g/mol. The van der Waals surface area contributed by atoms with Gasteiger partial charge in [0.2, 0.25) is 0 Å². The van der Waals surface area contributed by atoms with Crippen LogP contribution in [0.4, 0.5) is 0 Å². The van der Waals surface area contributed by atoms with Gasteiger partial charge in [0.15, 0.2) is 5.72 Å². The maximum absolute atomic E-state index is 9.81. The highest BCUT2D eigenvalue weighted by molar-refractivity contribution is 5.74. The summed E-state index contributed by atoms with van der Waals surface area (Å²) >= 11 is 0. The van der Waals surface area contributed by atoms with E-state index in [1.54, 1.807) is 13.8 Å². The Kier molecular flexibility index (Phi) is 9.47. The third kappa shape index (κ3) is 15.9. The SMILES string of the molecule is CCC(C)(O)/N=N/C(C)C.CCC(C)=O. The van der Waals surface area contributed by atoms with Crippen molar-refractivity contribution in [3.63, 3.8) is 0 Å². The molecular formula is C11H24N2O2. The lowest BCUT2D eigenvalue weighted by atomic mass is 10.2. The van der Waals surface area contributed by atoms with Crippen molar-refractivity contribution in [2.75, 3.05) is 0 Å². The van der Waals surface area contributed by atoms with Crippen molar-refractivity contribution in [1.82, 2.24) is 0 Å². The molecule has 0 aromatic rings. The topological polar surface area (TPSA) is 62.0 Å². The highest BCUT2D eigenvalue weighted by atomic mass is 16.3. The number of azo groups is 1. The van der Waals surface area contributed by atoms with E-state index in [1.807, 2.05) is 27.7 Å².